The van der Waals surface area contributed by atoms with Crippen molar-refractivity contribution in [1.29, 1.82) is 0 Å². The average Bonchev–Trinajstić information content (AvgIpc) is 2.65. The third-order valence-corrected chi connectivity index (χ3v) is 3.97. The number of fused-ring (bicyclic) bond motifs is 1. The predicted molar refractivity (Wildman–Crippen MR) is 100 cm³/mol. The van der Waals surface area contributed by atoms with Gasteiger partial charge >= 0.3 is 0 Å². The second-order valence-corrected chi connectivity index (χ2v) is 6.23. The lowest BCUT2D eigenvalue weighted by atomic mass is 10.1. The van der Waals surface area contributed by atoms with Crippen LogP contribution in [0.3, 0.4) is 0 Å². The van der Waals surface area contributed by atoms with Crippen LogP contribution in [-0.2, 0) is 9.59 Å². The number of hydrogen-bond acceptors (Lipinski definition) is 5. The van der Waals surface area contributed by atoms with E-state index in [1.54, 1.807) is 43.3 Å². The molecule has 2 aromatic carbocycles. The molecule has 0 aliphatic carbocycles. The van der Waals surface area contributed by atoms with Gasteiger partial charge in [-0.2, -0.15) is 0 Å². The molecule has 0 spiro atoms. The van der Waals surface area contributed by atoms with Crippen LogP contribution in [-0.4, -0.2) is 30.4 Å². The Kier molecular flexibility index (Phi) is 5.25. The fourth-order valence-electron chi connectivity index (χ4n) is 2.57. The standard InChI is InChI=1S/C19H20N4O4/c1-11-4-3-5-13(8-11)19(26)23-22-18(25)12(2)20-14-6-7-16-15(9-14)21-17(24)10-27-16/h3-9,12,20H,10H2,1-2H3,(H,21,24)(H,22,25)(H,23,26). The van der Waals surface area contributed by atoms with Gasteiger partial charge in [0.2, 0.25) is 0 Å². The Bertz CT molecular complexity index is 897. The van der Waals surface area contributed by atoms with E-state index in [1.165, 1.54) is 0 Å². The maximum Gasteiger partial charge on any atom is 0.269 e. The number of aryl methyl sites for hydroxylation is 1. The van der Waals surface area contributed by atoms with Crippen LogP contribution in [0.25, 0.3) is 0 Å². The van der Waals surface area contributed by atoms with E-state index in [1.807, 2.05) is 13.0 Å². The molecule has 27 heavy (non-hydrogen) atoms. The van der Waals surface area contributed by atoms with Crippen molar-refractivity contribution in [3.63, 3.8) is 0 Å². The molecule has 8 nitrogen and oxygen atoms in total. The highest BCUT2D eigenvalue weighted by Crippen LogP contribution is 2.30. The zero-order valence-electron chi connectivity index (χ0n) is 15.0. The lowest BCUT2D eigenvalue weighted by Gasteiger charge is -2.20. The number of carbonyl (C=O) groups is 3. The van der Waals surface area contributed by atoms with Crippen molar-refractivity contribution in [2.75, 3.05) is 17.2 Å². The normalized spacial score (nSPS) is 13.5. The number of rotatable bonds is 4. The first-order valence-electron chi connectivity index (χ1n) is 8.42. The predicted octanol–water partition coefficient (Wildman–Crippen LogP) is 1.59. The fraction of sp³-hybridized carbons (Fsp3) is 0.211. The van der Waals surface area contributed by atoms with Gasteiger partial charge in [-0.15, -0.1) is 0 Å². The molecule has 8 heteroatoms. The third-order valence-electron chi connectivity index (χ3n) is 3.97. The van der Waals surface area contributed by atoms with Gasteiger partial charge in [0.15, 0.2) is 6.61 Å². The van der Waals surface area contributed by atoms with Gasteiger partial charge in [-0.05, 0) is 44.2 Å². The Labute approximate surface area is 156 Å². The molecule has 0 bridgehead atoms. The van der Waals surface area contributed by atoms with Gasteiger partial charge in [0, 0.05) is 11.3 Å². The maximum absolute atomic E-state index is 12.2. The number of amides is 3. The molecule has 1 aliphatic rings. The summed E-state index contributed by atoms with van der Waals surface area (Å²) in [7, 11) is 0. The van der Waals surface area contributed by atoms with Gasteiger partial charge in [-0.25, -0.2) is 0 Å². The molecule has 0 fully saturated rings. The summed E-state index contributed by atoms with van der Waals surface area (Å²) < 4.78 is 5.29. The van der Waals surface area contributed by atoms with E-state index in [2.05, 4.69) is 21.5 Å². The maximum atomic E-state index is 12.2. The topological polar surface area (TPSA) is 109 Å². The molecule has 1 atom stereocenters. The summed E-state index contributed by atoms with van der Waals surface area (Å²) in [5, 5.41) is 5.71. The van der Waals surface area contributed by atoms with Crippen molar-refractivity contribution in [1.82, 2.24) is 10.9 Å². The Morgan fingerprint density at radius 3 is 2.74 bits per heavy atom. The van der Waals surface area contributed by atoms with E-state index in [4.69, 9.17) is 4.74 Å². The minimum absolute atomic E-state index is 0.0147. The lowest BCUT2D eigenvalue weighted by Crippen LogP contribution is -2.47. The number of carbonyl (C=O) groups excluding carboxylic acids is 3. The molecular formula is C19H20N4O4. The summed E-state index contributed by atoms with van der Waals surface area (Å²) in [5.41, 5.74) is 7.37. The number of benzene rings is 2. The molecular weight excluding hydrogens is 348 g/mol. The summed E-state index contributed by atoms with van der Waals surface area (Å²) in [5.74, 6) is -0.464. The molecule has 3 rings (SSSR count). The van der Waals surface area contributed by atoms with Crippen molar-refractivity contribution >= 4 is 29.1 Å². The highest BCUT2D eigenvalue weighted by Gasteiger charge is 2.18. The van der Waals surface area contributed by atoms with E-state index in [0.29, 0.717) is 22.7 Å². The minimum Gasteiger partial charge on any atom is -0.482 e. The molecule has 2 aromatic rings. The molecule has 1 unspecified atom stereocenters. The smallest absolute Gasteiger partial charge is 0.269 e. The van der Waals surface area contributed by atoms with E-state index < -0.39 is 17.9 Å². The Morgan fingerprint density at radius 1 is 1.15 bits per heavy atom. The summed E-state index contributed by atoms with van der Waals surface area (Å²) in [4.78, 5) is 35.7. The SMILES string of the molecule is Cc1cccc(C(=O)NNC(=O)C(C)Nc2ccc3c(c2)NC(=O)CO3)c1. The second kappa shape index (κ2) is 7.77. The summed E-state index contributed by atoms with van der Waals surface area (Å²) in [6, 6.07) is 11.6. The number of hydrazine groups is 1. The quantitative estimate of drug-likeness (QED) is 0.613. The van der Waals surface area contributed by atoms with E-state index in [-0.39, 0.29) is 12.5 Å². The highest BCUT2D eigenvalue weighted by atomic mass is 16.5. The van der Waals surface area contributed by atoms with Crippen LogP contribution in [0.15, 0.2) is 42.5 Å². The first-order chi connectivity index (χ1) is 12.9. The molecule has 4 N–H and O–H groups in total. The van der Waals surface area contributed by atoms with Crippen LogP contribution >= 0.6 is 0 Å². The van der Waals surface area contributed by atoms with Crippen molar-refractivity contribution in [2.45, 2.75) is 19.9 Å². The van der Waals surface area contributed by atoms with Gasteiger partial charge in [0.1, 0.15) is 11.8 Å². The van der Waals surface area contributed by atoms with Gasteiger partial charge in [0.25, 0.3) is 17.7 Å². The van der Waals surface area contributed by atoms with Crippen molar-refractivity contribution < 1.29 is 19.1 Å². The number of hydrogen-bond donors (Lipinski definition) is 4. The van der Waals surface area contributed by atoms with Gasteiger partial charge in [-0.3, -0.25) is 25.2 Å². The summed E-state index contributed by atoms with van der Waals surface area (Å²) in [6.07, 6.45) is 0. The second-order valence-electron chi connectivity index (χ2n) is 6.23. The molecule has 1 heterocycles. The van der Waals surface area contributed by atoms with Crippen LogP contribution < -0.4 is 26.2 Å². The van der Waals surface area contributed by atoms with Crippen LogP contribution in [0.2, 0.25) is 0 Å². The number of anilines is 2. The summed E-state index contributed by atoms with van der Waals surface area (Å²) in [6.45, 7) is 3.52. The van der Waals surface area contributed by atoms with E-state index in [0.717, 1.165) is 5.56 Å². The Balaban J connectivity index is 1.55. The average molecular weight is 368 g/mol. The lowest BCUT2D eigenvalue weighted by molar-refractivity contribution is -0.122. The number of nitrogens with one attached hydrogen (secondary N) is 4. The van der Waals surface area contributed by atoms with Gasteiger partial charge < -0.3 is 15.4 Å². The largest absolute Gasteiger partial charge is 0.482 e. The summed E-state index contributed by atoms with van der Waals surface area (Å²) >= 11 is 0. The van der Waals surface area contributed by atoms with Gasteiger partial charge in [-0.1, -0.05) is 17.7 Å². The third kappa shape index (κ3) is 4.55. The van der Waals surface area contributed by atoms with Crippen molar-refractivity contribution in [3.8, 4) is 5.75 Å². The van der Waals surface area contributed by atoms with Crippen LogP contribution in [0.1, 0.15) is 22.8 Å². The van der Waals surface area contributed by atoms with Crippen LogP contribution in [0.5, 0.6) is 5.75 Å². The molecule has 1 aliphatic heterocycles. The van der Waals surface area contributed by atoms with E-state index in [9.17, 15) is 14.4 Å². The van der Waals surface area contributed by atoms with E-state index >= 15 is 0 Å². The molecule has 0 saturated heterocycles. The fourth-order valence-corrected chi connectivity index (χ4v) is 2.57. The molecule has 140 valence electrons. The molecule has 0 saturated carbocycles. The van der Waals surface area contributed by atoms with Gasteiger partial charge in [0.05, 0.1) is 5.69 Å². The molecule has 0 aromatic heterocycles. The molecule has 3 amide bonds. The first kappa shape index (κ1) is 18.2. The highest BCUT2D eigenvalue weighted by molar-refractivity contribution is 5.97. The molecule has 0 radical (unpaired) electrons. The number of ether oxygens (including phenoxy) is 1. The zero-order chi connectivity index (χ0) is 19.4. The Morgan fingerprint density at radius 2 is 1.96 bits per heavy atom. The van der Waals surface area contributed by atoms with Crippen LogP contribution in [0, 0.1) is 6.92 Å². The monoisotopic (exact) mass is 368 g/mol. The zero-order valence-corrected chi connectivity index (χ0v) is 15.0. The first-order valence-corrected chi connectivity index (χ1v) is 8.42. The van der Waals surface area contributed by atoms with Crippen molar-refractivity contribution in [3.05, 3.63) is 53.6 Å². The Hall–Kier alpha value is -3.55. The van der Waals surface area contributed by atoms with Crippen LogP contribution in [0.4, 0.5) is 11.4 Å². The van der Waals surface area contributed by atoms with Crippen molar-refractivity contribution in [2.24, 2.45) is 0 Å². The minimum atomic E-state index is -0.624.